The predicted molar refractivity (Wildman–Crippen MR) is 69.8 cm³/mol. The van der Waals surface area contributed by atoms with Crippen LogP contribution in [0.1, 0.15) is 5.56 Å². The van der Waals surface area contributed by atoms with Crippen LogP contribution in [0.2, 0.25) is 0 Å². The number of benzene rings is 1. The number of nitriles is 1. The van der Waals surface area contributed by atoms with Crippen LogP contribution < -0.4 is 9.64 Å². The lowest BCUT2D eigenvalue weighted by molar-refractivity contribution is 0.463. The summed E-state index contributed by atoms with van der Waals surface area (Å²) < 4.78 is 5.57. The lowest BCUT2D eigenvalue weighted by atomic mass is 10.2. The van der Waals surface area contributed by atoms with Crippen molar-refractivity contribution < 1.29 is 4.74 Å². The molecule has 0 bridgehead atoms. The third-order valence-electron chi connectivity index (χ3n) is 2.44. The molecule has 4 nitrogen and oxygen atoms in total. The number of hydrogen-bond acceptors (Lipinski definition) is 4. The molecule has 0 radical (unpaired) electrons. The summed E-state index contributed by atoms with van der Waals surface area (Å²) in [4.78, 5) is 6.18. The van der Waals surface area contributed by atoms with Crippen molar-refractivity contribution in [3.63, 3.8) is 0 Å². The van der Waals surface area contributed by atoms with E-state index in [0.717, 1.165) is 5.69 Å². The molecule has 0 spiro atoms. The van der Waals surface area contributed by atoms with Gasteiger partial charge in [-0.05, 0) is 30.3 Å². The zero-order chi connectivity index (χ0) is 13.0. The molecule has 4 heteroatoms. The molecule has 0 aliphatic carbocycles. The average Bonchev–Trinajstić information content (AvgIpc) is 2.40. The van der Waals surface area contributed by atoms with Gasteiger partial charge in [-0.15, -0.1) is 0 Å². The first kappa shape index (κ1) is 11.9. The highest BCUT2D eigenvalue weighted by molar-refractivity contribution is 5.44. The van der Waals surface area contributed by atoms with Gasteiger partial charge in [0.05, 0.1) is 23.5 Å². The lowest BCUT2D eigenvalue weighted by Crippen LogP contribution is -2.08. The maximum absolute atomic E-state index is 8.69. The molecule has 2 rings (SSSR count). The molecule has 0 saturated carbocycles. The number of anilines is 1. The first-order valence-electron chi connectivity index (χ1n) is 5.50. The van der Waals surface area contributed by atoms with Crippen LogP contribution in [0.15, 0.2) is 42.6 Å². The highest BCUT2D eigenvalue weighted by Crippen LogP contribution is 2.21. The monoisotopic (exact) mass is 239 g/mol. The summed E-state index contributed by atoms with van der Waals surface area (Å²) >= 11 is 0. The van der Waals surface area contributed by atoms with Crippen LogP contribution in [0.4, 0.5) is 5.69 Å². The molecule has 0 N–H and O–H groups in total. The fourth-order valence-electron chi connectivity index (χ4n) is 1.42. The van der Waals surface area contributed by atoms with Crippen LogP contribution in [0.3, 0.4) is 0 Å². The van der Waals surface area contributed by atoms with Crippen LogP contribution in [0.5, 0.6) is 11.6 Å². The number of hydrogen-bond donors (Lipinski definition) is 0. The number of rotatable bonds is 3. The molecular formula is C14H13N3O. The van der Waals surface area contributed by atoms with E-state index in [-0.39, 0.29) is 0 Å². The van der Waals surface area contributed by atoms with Gasteiger partial charge in [-0.25, -0.2) is 4.98 Å². The molecule has 0 amide bonds. The molecule has 1 aromatic heterocycles. The Labute approximate surface area is 106 Å². The SMILES string of the molecule is CN(C)c1ccc(Oc2ccc(C#N)cc2)nc1. The fourth-order valence-corrected chi connectivity index (χ4v) is 1.42. The van der Waals surface area contributed by atoms with Gasteiger partial charge in [-0.1, -0.05) is 0 Å². The molecule has 1 aromatic carbocycles. The maximum Gasteiger partial charge on any atom is 0.219 e. The Morgan fingerprint density at radius 1 is 1.11 bits per heavy atom. The molecule has 0 aliphatic heterocycles. The zero-order valence-electron chi connectivity index (χ0n) is 10.3. The number of pyridine rings is 1. The van der Waals surface area contributed by atoms with Gasteiger partial charge >= 0.3 is 0 Å². The maximum atomic E-state index is 8.69. The van der Waals surface area contributed by atoms with Gasteiger partial charge in [0.2, 0.25) is 5.88 Å². The molecule has 2 aromatic rings. The number of aromatic nitrogens is 1. The van der Waals surface area contributed by atoms with Crippen molar-refractivity contribution in [3.05, 3.63) is 48.2 Å². The molecular weight excluding hydrogens is 226 g/mol. The summed E-state index contributed by atoms with van der Waals surface area (Å²) in [6.45, 7) is 0. The third-order valence-corrected chi connectivity index (χ3v) is 2.44. The van der Waals surface area contributed by atoms with E-state index < -0.39 is 0 Å². The van der Waals surface area contributed by atoms with E-state index in [9.17, 15) is 0 Å². The first-order valence-corrected chi connectivity index (χ1v) is 5.50. The van der Waals surface area contributed by atoms with Crippen LogP contribution in [0.25, 0.3) is 0 Å². The Bertz CT molecular complexity index is 553. The Balaban J connectivity index is 2.11. The van der Waals surface area contributed by atoms with Gasteiger partial charge in [0.25, 0.3) is 0 Å². The largest absolute Gasteiger partial charge is 0.439 e. The second-order valence-electron chi connectivity index (χ2n) is 3.99. The molecule has 90 valence electrons. The van der Waals surface area contributed by atoms with Crippen molar-refractivity contribution in [1.82, 2.24) is 4.98 Å². The third kappa shape index (κ3) is 2.77. The second kappa shape index (κ2) is 5.19. The van der Waals surface area contributed by atoms with Crippen molar-refractivity contribution >= 4 is 5.69 Å². The smallest absolute Gasteiger partial charge is 0.219 e. The summed E-state index contributed by atoms with van der Waals surface area (Å²) in [5, 5.41) is 8.69. The van der Waals surface area contributed by atoms with Crippen molar-refractivity contribution in [2.45, 2.75) is 0 Å². The summed E-state index contributed by atoms with van der Waals surface area (Å²) in [5.74, 6) is 1.20. The van der Waals surface area contributed by atoms with Crippen molar-refractivity contribution in [2.75, 3.05) is 19.0 Å². The Kier molecular flexibility index (Phi) is 3.44. The van der Waals surface area contributed by atoms with E-state index in [1.54, 1.807) is 30.5 Å². The molecule has 0 aliphatic rings. The van der Waals surface area contributed by atoms with Gasteiger partial charge in [-0.2, -0.15) is 5.26 Å². The first-order chi connectivity index (χ1) is 8.69. The molecule has 0 fully saturated rings. The molecule has 18 heavy (non-hydrogen) atoms. The van der Waals surface area contributed by atoms with E-state index >= 15 is 0 Å². The van der Waals surface area contributed by atoms with Gasteiger partial charge in [0, 0.05) is 20.2 Å². The van der Waals surface area contributed by atoms with E-state index in [4.69, 9.17) is 10.00 Å². The van der Waals surface area contributed by atoms with E-state index in [1.807, 2.05) is 31.1 Å². The van der Waals surface area contributed by atoms with Gasteiger partial charge in [0.15, 0.2) is 0 Å². The minimum absolute atomic E-state index is 0.533. The highest BCUT2D eigenvalue weighted by atomic mass is 16.5. The summed E-state index contributed by atoms with van der Waals surface area (Å²) in [6.07, 6.45) is 1.75. The van der Waals surface area contributed by atoms with Gasteiger partial charge in [0.1, 0.15) is 5.75 Å². The van der Waals surface area contributed by atoms with Crippen LogP contribution in [-0.2, 0) is 0 Å². The van der Waals surface area contributed by atoms with E-state index in [0.29, 0.717) is 17.2 Å². The van der Waals surface area contributed by atoms with Crippen LogP contribution in [-0.4, -0.2) is 19.1 Å². The normalized spacial score (nSPS) is 9.61. The van der Waals surface area contributed by atoms with E-state index in [1.165, 1.54) is 0 Å². The quantitative estimate of drug-likeness (QED) is 0.826. The van der Waals surface area contributed by atoms with Crippen molar-refractivity contribution in [2.24, 2.45) is 0 Å². The summed E-state index contributed by atoms with van der Waals surface area (Å²) in [7, 11) is 3.91. The van der Waals surface area contributed by atoms with Crippen molar-refractivity contribution in [3.8, 4) is 17.7 Å². The summed E-state index contributed by atoms with van der Waals surface area (Å²) in [6, 6.07) is 12.7. The molecule has 0 unspecified atom stereocenters. The lowest BCUT2D eigenvalue weighted by Gasteiger charge is -2.12. The second-order valence-corrected chi connectivity index (χ2v) is 3.99. The number of ether oxygens (including phenoxy) is 1. The average molecular weight is 239 g/mol. The van der Waals surface area contributed by atoms with E-state index in [2.05, 4.69) is 11.1 Å². The van der Waals surface area contributed by atoms with Crippen LogP contribution >= 0.6 is 0 Å². The zero-order valence-corrected chi connectivity index (χ0v) is 10.3. The minimum atomic E-state index is 0.533. The number of nitrogens with zero attached hydrogens (tertiary/aromatic N) is 3. The molecule has 0 atom stereocenters. The summed E-state index contributed by atoms with van der Waals surface area (Å²) in [5.41, 5.74) is 1.63. The Hall–Kier alpha value is -2.54. The predicted octanol–water partition coefficient (Wildman–Crippen LogP) is 2.81. The highest BCUT2D eigenvalue weighted by Gasteiger charge is 2.00. The molecule has 1 heterocycles. The Morgan fingerprint density at radius 3 is 2.33 bits per heavy atom. The van der Waals surface area contributed by atoms with Crippen LogP contribution in [0, 0.1) is 11.3 Å². The molecule has 0 saturated heterocycles. The van der Waals surface area contributed by atoms with Gasteiger partial charge < -0.3 is 9.64 Å². The van der Waals surface area contributed by atoms with Crippen molar-refractivity contribution in [1.29, 1.82) is 5.26 Å². The topological polar surface area (TPSA) is 49.1 Å². The fraction of sp³-hybridized carbons (Fsp3) is 0.143. The Morgan fingerprint density at radius 2 is 1.83 bits per heavy atom. The standard InChI is InChI=1S/C14H13N3O/c1-17(2)12-5-8-14(16-10-12)18-13-6-3-11(9-15)4-7-13/h3-8,10H,1-2H3. The van der Waals surface area contributed by atoms with Gasteiger partial charge in [-0.3, -0.25) is 0 Å². The minimum Gasteiger partial charge on any atom is -0.439 e.